The summed E-state index contributed by atoms with van der Waals surface area (Å²) < 4.78 is 44.0. The van der Waals surface area contributed by atoms with Crippen LogP contribution in [0.4, 0.5) is 0 Å². The molecule has 0 atom stereocenters. The van der Waals surface area contributed by atoms with Gasteiger partial charge in [-0.2, -0.15) is 0 Å². The zero-order valence-electron chi connectivity index (χ0n) is 19.4. The Bertz CT molecular complexity index is 1170. The number of benzene rings is 2. The molecule has 0 bridgehead atoms. The van der Waals surface area contributed by atoms with E-state index >= 15 is 0 Å². The van der Waals surface area contributed by atoms with E-state index in [-0.39, 0.29) is 28.8 Å². The van der Waals surface area contributed by atoms with Crippen LogP contribution in [0.5, 0.6) is 11.5 Å². The quantitative estimate of drug-likeness (QED) is 0.427. The Kier molecular flexibility index (Phi) is 8.30. The van der Waals surface area contributed by atoms with Crippen molar-refractivity contribution in [3.05, 3.63) is 59.2 Å². The topological polar surface area (TPSA) is 111 Å². The zero-order valence-corrected chi connectivity index (χ0v) is 20.2. The molecule has 1 fully saturated rings. The van der Waals surface area contributed by atoms with Gasteiger partial charge in [0.15, 0.2) is 11.5 Å². The lowest BCUT2D eigenvalue weighted by atomic mass is 10.1. The number of carbonyl (C=O) groups is 2. The van der Waals surface area contributed by atoms with Gasteiger partial charge in [0.05, 0.1) is 21.3 Å². The highest BCUT2D eigenvalue weighted by Gasteiger charge is 2.24. The fourth-order valence-electron chi connectivity index (χ4n) is 3.60. The molecule has 1 amide bonds. The number of rotatable bonds is 9. The van der Waals surface area contributed by atoms with Crippen LogP contribution in [0.15, 0.2) is 47.4 Å². The Morgan fingerprint density at radius 1 is 1.03 bits per heavy atom. The maximum atomic E-state index is 13.1. The van der Waals surface area contributed by atoms with Gasteiger partial charge in [-0.25, -0.2) is 17.9 Å². The lowest BCUT2D eigenvalue weighted by Gasteiger charge is -2.16. The predicted molar refractivity (Wildman–Crippen MR) is 126 cm³/mol. The van der Waals surface area contributed by atoms with Gasteiger partial charge in [0, 0.05) is 31.3 Å². The van der Waals surface area contributed by atoms with Crippen LogP contribution in [-0.4, -0.2) is 59.6 Å². The number of esters is 1. The first kappa shape index (κ1) is 25.3. The van der Waals surface area contributed by atoms with Gasteiger partial charge in [-0.1, -0.05) is 12.1 Å². The van der Waals surface area contributed by atoms with Crippen LogP contribution < -0.4 is 14.2 Å². The molecule has 0 aromatic heterocycles. The number of hydrogen-bond acceptors (Lipinski definition) is 7. The van der Waals surface area contributed by atoms with Crippen LogP contribution in [0, 0.1) is 0 Å². The number of nitrogens with one attached hydrogen (secondary N) is 1. The monoisotopic (exact) mass is 488 g/mol. The largest absolute Gasteiger partial charge is 0.493 e. The molecular formula is C24H28N2O7S. The van der Waals surface area contributed by atoms with Crippen molar-refractivity contribution in [1.82, 2.24) is 9.62 Å². The number of hydrogen-bond donors (Lipinski definition) is 1. The second-order valence-electron chi connectivity index (χ2n) is 7.63. The number of sulfonamides is 1. The number of amides is 1. The molecule has 1 heterocycles. The average molecular weight is 489 g/mol. The third-order valence-electron chi connectivity index (χ3n) is 5.43. The summed E-state index contributed by atoms with van der Waals surface area (Å²) in [4.78, 5) is 25.6. The van der Waals surface area contributed by atoms with Crippen LogP contribution >= 0.6 is 0 Å². The molecule has 0 spiro atoms. The molecule has 0 radical (unpaired) electrons. The Morgan fingerprint density at radius 3 is 2.29 bits per heavy atom. The third-order valence-corrected chi connectivity index (χ3v) is 6.84. The van der Waals surface area contributed by atoms with Gasteiger partial charge in [-0.3, -0.25) is 4.79 Å². The number of ether oxygens (including phenoxy) is 3. The van der Waals surface area contributed by atoms with Crippen LogP contribution in [0.3, 0.4) is 0 Å². The normalized spacial score (nSPS) is 13.8. The van der Waals surface area contributed by atoms with Crippen LogP contribution in [0.1, 0.15) is 34.3 Å². The molecule has 3 rings (SSSR count). The standard InChI is InChI=1S/C24H28N2O7S/c1-31-20-14-18(8-11-22(27)32-2)15-21(23(20)33-3)34(29,30)25-16-17-6-9-19(10-7-17)24(28)26-12-4-5-13-26/h6-11,14-15,25H,4-5,12-13,16H2,1-3H3/b11-8+. The molecular weight excluding hydrogens is 460 g/mol. The van der Waals surface area contributed by atoms with Gasteiger partial charge in [0.2, 0.25) is 10.0 Å². The van der Waals surface area contributed by atoms with Crippen molar-refractivity contribution in [1.29, 1.82) is 0 Å². The van der Waals surface area contributed by atoms with Gasteiger partial charge in [0.25, 0.3) is 5.91 Å². The number of likely N-dealkylation sites (tertiary alicyclic amines) is 1. The smallest absolute Gasteiger partial charge is 0.330 e. The minimum Gasteiger partial charge on any atom is -0.493 e. The molecule has 34 heavy (non-hydrogen) atoms. The summed E-state index contributed by atoms with van der Waals surface area (Å²) in [5, 5.41) is 0. The van der Waals surface area contributed by atoms with E-state index in [1.807, 2.05) is 4.90 Å². The molecule has 0 saturated carbocycles. The van der Waals surface area contributed by atoms with Crippen molar-refractivity contribution in [2.45, 2.75) is 24.3 Å². The van der Waals surface area contributed by atoms with E-state index < -0.39 is 16.0 Å². The van der Waals surface area contributed by atoms with Crippen molar-refractivity contribution in [2.24, 2.45) is 0 Å². The molecule has 9 nitrogen and oxygen atoms in total. The highest BCUT2D eigenvalue weighted by Crippen LogP contribution is 2.36. The number of carbonyl (C=O) groups excluding carboxylic acids is 2. The van der Waals surface area contributed by atoms with Crippen molar-refractivity contribution < 1.29 is 32.2 Å². The SMILES string of the molecule is COC(=O)/C=C/c1cc(OC)c(OC)c(S(=O)(=O)NCc2ccc(C(=O)N3CCCC3)cc2)c1. The Hall–Kier alpha value is -3.37. The van der Waals surface area contributed by atoms with E-state index in [2.05, 4.69) is 9.46 Å². The van der Waals surface area contributed by atoms with Gasteiger partial charge < -0.3 is 19.1 Å². The maximum Gasteiger partial charge on any atom is 0.330 e. The lowest BCUT2D eigenvalue weighted by Crippen LogP contribution is -2.27. The van der Waals surface area contributed by atoms with Gasteiger partial charge in [-0.15, -0.1) is 0 Å². The summed E-state index contributed by atoms with van der Waals surface area (Å²) in [7, 11) is -0.0407. The van der Waals surface area contributed by atoms with E-state index in [9.17, 15) is 18.0 Å². The molecule has 1 aliphatic heterocycles. The van der Waals surface area contributed by atoms with E-state index in [0.717, 1.165) is 25.9 Å². The number of methoxy groups -OCH3 is 3. The lowest BCUT2D eigenvalue weighted by molar-refractivity contribution is -0.134. The zero-order chi connectivity index (χ0) is 24.7. The molecule has 0 aliphatic carbocycles. The molecule has 1 N–H and O–H groups in total. The fourth-order valence-corrected chi connectivity index (χ4v) is 4.83. The molecule has 182 valence electrons. The van der Waals surface area contributed by atoms with E-state index in [1.165, 1.54) is 39.5 Å². The van der Waals surface area contributed by atoms with Crippen molar-refractivity contribution in [3.63, 3.8) is 0 Å². The Balaban J connectivity index is 1.80. The average Bonchev–Trinajstić information content (AvgIpc) is 3.40. The highest BCUT2D eigenvalue weighted by atomic mass is 32.2. The Morgan fingerprint density at radius 2 is 1.71 bits per heavy atom. The minimum absolute atomic E-state index is 0.00815. The number of nitrogens with zero attached hydrogens (tertiary/aromatic N) is 1. The molecule has 1 saturated heterocycles. The minimum atomic E-state index is -4.02. The van der Waals surface area contributed by atoms with Crippen LogP contribution in [-0.2, 0) is 26.1 Å². The predicted octanol–water partition coefficient (Wildman–Crippen LogP) is 2.60. The summed E-state index contributed by atoms with van der Waals surface area (Å²) in [6.07, 6.45) is 4.62. The molecule has 2 aromatic carbocycles. The van der Waals surface area contributed by atoms with Gasteiger partial charge in [0.1, 0.15) is 4.90 Å². The Labute approximate surface area is 199 Å². The summed E-state index contributed by atoms with van der Waals surface area (Å²) in [6.45, 7) is 1.54. The summed E-state index contributed by atoms with van der Waals surface area (Å²) in [6, 6.07) is 9.77. The third kappa shape index (κ3) is 5.95. The van der Waals surface area contributed by atoms with Crippen LogP contribution in [0.25, 0.3) is 6.08 Å². The van der Waals surface area contributed by atoms with E-state index in [1.54, 1.807) is 30.3 Å². The first-order chi connectivity index (χ1) is 16.3. The van der Waals surface area contributed by atoms with Crippen LogP contribution in [0.2, 0.25) is 0 Å². The van der Waals surface area contributed by atoms with Gasteiger partial charge >= 0.3 is 5.97 Å². The second kappa shape index (κ2) is 11.2. The molecule has 1 aliphatic rings. The highest BCUT2D eigenvalue weighted by molar-refractivity contribution is 7.89. The first-order valence-corrected chi connectivity index (χ1v) is 12.2. The van der Waals surface area contributed by atoms with E-state index in [0.29, 0.717) is 16.7 Å². The second-order valence-corrected chi connectivity index (χ2v) is 9.37. The molecule has 2 aromatic rings. The summed E-state index contributed by atoms with van der Waals surface area (Å²) in [5.74, 6) is -0.362. The van der Waals surface area contributed by atoms with Crippen molar-refractivity contribution >= 4 is 28.0 Å². The van der Waals surface area contributed by atoms with Crippen molar-refractivity contribution in [3.8, 4) is 11.5 Å². The summed E-state index contributed by atoms with van der Waals surface area (Å²) in [5.41, 5.74) is 1.67. The molecule has 0 unspecified atom stereocenters. The first-order valence-electron chi connectivity index (χ1n) is 10.7. The molecule has 10 heteroatoms. The summed E-state index contributed by atoms with van der Waals surface area (Å²) >= 11 is 0. The van der Waals surface area contributed by atoms with E-state index in [4.69, 9.17) is 9.47 Å². The van der Waals surface area contributed by atoms with Crippen molar-refractivity contribution in [2.75, 3.05) is 34.4 Å². The fraction of sp³-hybridized carbons (Fsp3) is 0.333. The maximum absolute atomic E-state index is 13.1. The van der Waals surface area contributed by atoms with Gasteiger partial charge in [-0.05, 0) is 54.3 Å².